The van der Waals surface area contributed by atoms with Crippen LogP contribution in [-0.4, -0.2) is 19.8 Å². The summed E-state index contributed by atoms with van der Waals surface area (Å²) in [5.41, 5.74) is 2.57. The predicted octanol–water partition coefficient (Wildman–Crippen LogP) is 3.45. The number of imidazole rings is 1. The number of phenolic OH excluding ortho intramolecular Hbond substituents is 2. The van der Waals surface area contributed by atoms with Gasteiger partial charge in [0.15, 0.2) is 11.5 Å². The molecule has 0 unspecified atom stereocenters. The molecule has 1 aliphatic carbocycles. The summed E-state index contributed by atoms with van der Waals surface area (Å²) in [4.78, 5) is 4.64. The van der Waals surface area contributed by atoms with Gasteiger partial charge in [-0.1, -0.05) is 18.2 Å². The maximum Gasteiger partial charge on any atom is 0.168 e. The van der Waals surface area contributed by atoms with Gasteiger partial charge in [0.25, 0.3) is 0 Å². The van der Waals surface area contributed by atoms with Crippen molar-refractivity contribution < 1.29 is 10.2 Å². The van der Waals surface area contributed by atoms with Gasteiger partial charge in [-0.15, -0.1) is 0 Å². The maximum atomic E-state index is 10.1. The Hall–Kier alpha value is -2.49. The van der Waals surface area contributed by atoms with Gasteiger partial charge in [-0.25, -0.2) is 4.98 Å². The van der Waals surface area contributed by atoms with Gasteiger partial charge in [-0.3, -0.25) is 0 Å². The second-order valence-electron chi connectivity index (χ2n) is 5.20. The summed E-state index contributed by atoms with van der Waals surface area (Å²) in [6, 6.07) is 13.4. The first-order valence-electron chi connectivity index (χ1n) is 6.74. The van der Waals surface area contributed by atoms with Crippen molar-refractivity contribution in [2.75, 3.05) is 0 Å². The normalized spacial score (nSPS) is 14.8. The molecule has 100 valence electrons. The summed E-state index contributed by atoms with van der Waals surface area (Å²) in [6.07, 6.45) is 2.26. The highest BCUT2D eigenvalue weighted by molar-refractivity contribution is 5.83. The van der Waals surface area contributed by atoms with Crippen molar-refractivity contribution in [2.45, 2.75) is 18.9 Å². The Morgan fingerprint density at radius 3 is 2.60 bits per heavy atom. The van der Waals surface area contributed by atoms with Gasteiger partial charge >= 0.3 is 0 Å². The number of fused-ring (bicyclic) bond motifs is 1. The molecule has 4 rings (SSSR count). The largest absolute Gasteiger partial charge is 0.504 e. The number of rotatable bonds is 2. The van der Waals surface area contributed by atoms with Crippen LogP contribution in [0.2, 0.25) is 0 Å². The third-order valence-electron chi connectivity index (χ3n) is 3.76. The molecular formula is C16H14N2O2. The topological polar surface area (TPSA) is 58.3 Å². The van der Waals surface area contributed by atoms with Gasteiger partial charge in [0.05, 0.1) is 16.6 Å². The summed E-state index contributed by atoms with van der Waals surface area (Å²) >= 11 is 0. The number of hydrogen-bond acceptors (Lipinski definition) is 3. The van der Waals surface area contributed by atoms with E-state index in [9.17, 15) is 10.2 Å². The highest BCUT2D eigenvalue weighted by Gasteiger charge is 2.29. The predicted molar refractivity (Wildman–Crippen MR) is 76.8 cm³/mol. The number of aromatic hydroxyl groups is 2. The maximum absolute atomic E-state index is 10.1. The second kappa shape index (κ2) is 4.00. The van der Waals surface area contributed by atoms with E-state index in [1.807, 2.05) is 24.3 Å². The minimum atomic E-state index is -0.114. The Morgan fingerprint density at radius 2 is 1.80 bits per heavy atom. The fourth-order valence-electron chi connectivity index (χ4n) is 2.65. The van der Waals surface area contributed by atoms with E-state index in [4.69, 9.17) is 0 Å². The van der Waals surface area contributed by atoms with Crippen LogP contribution in [0.4, 0.5) is 0 Å². The first-order chi connectivity index (χ1) is 9.75. The van der Waals surface area contributed by atoms with Crippen LogP contribution in [0.5, 0.6) is 11.5 Å². The van der Waals surface area contributed by atoms with Crippen molar-refractivity contribution in [1.29, 1.82) is 0 Å². The Bertz CT molecular complexity index is 803. The molecule has 4 nitrogen and oxygen atoms in total. The molecule has 0 saturated heterocycles. The molecule has 1 fully saturated rings. The van der Waals surface area contributed by atoms with E-state index in [2.05, 4.69) is 9.55 Å². The van der Waals surface area contributed by atoms with Crippen LogP contribution < -0.4 is 0 Å². The summed E-state index contributed by atoms with van der Waals surface area (Å²) in [6.45, 7) is 0. The molecule has 20 heavy (non-hydrogen) atoms. The molecule has 0 spiro atoms. The van der Waals surface area contributed by atoms with Gasteiger partial charge in [-0.05, 0) is 37.1 Å². The number of aromatic nitrogens is 2. The minimum absolute atomic E-state index is 0.107. The minimum Gasteiger partial charge on any atom is -0.504 e. The fraction of sp³-hybridized carbons (Fsp3) is 0.188. The molecular weight excluding hydrogens is 252 g/mol. The molecule has 1 aliphatic rings. The smallest absolute Gasteiger partial charge is 0.168 e. The van der Waals surface area contributed by atoms with Crippen LogP contribution in [0.3, 0.4) is 0 Å². The molecule has 2 aromatic carbocycles. The summed E-state index contributed by atoms with van der Waals surface area (Å²) in [5, 5.41) is 19.8. The molecule has 0 atom stereocenters. The van der Waals surface area contributed by atoms with E-state index in [0.29, 0.717) is 11.6 Å². The van der Waals surface area contributed by atoms with E-state index in [-0.39, 0.29) is 11.5 Å². The Labute approximate surface area is 115 Å². The number of nitrogens with zero attached hydrogens (tertiary/aromatic N) is 2. The lowest BCUT2D eigenvalue weighted by atomic mass is 10.1. The van der Waals surface area contributed by atoms with Crippen molar-refractivity contribution in [3.63, 3.8) is 0 Å². The highest BCUT2D eigenvalue weighted by Crippen LogP contribution is 2.44. The molecule has 4 heteroatoms. The van der Waals surface area contributed by atoms with E-state index in [0.717, 1.165) is 29.7 Å². The summed E-state index contributed by atoms with van der Waals surface area (Å²) in [7, 11) is 0. The van der Waals surface area contributed by atoms with E-state index < -0.39 is 0 Å². The molecule has 0 bridgehead atoms. The van der Waals surface area contributed by atoms with Crippen LogP contribution in [0.15, 0.2) is 42.5 Å². The van der Waals surface area contributed by atoms with Crippen molar-refractivity contribution >= 4 is 11.0 Å². The second-order valence-corrected chi connectivity index (χ2v) is 5.20. The number of hydrogen-bond donors (Lipinski definition) is 2. The number of para-hydroxylation sites is 3. The van der Waals surface area contributed by atoms with Crippen LogP contribution in [0.25, 0.3) is 22.4 Å². The monoisotopic (exact) mass is 266 g/mol. The molecule has 1 heterocycles. The third-order valence-corrected chi connectivity index (χ3v) is 3.76. The molecule has 3 aromatic rings. The zero-order valence-corrected chi connectivity index (χ0v) is 10.8. The quantitative estimate of drug-likeness (QED) is 0.698. The molecule has 1 saturated carbocycles. The van der Waals surface area contributed by atoms with Crippen molar-refractivity contribution in [3.8, 4) is 22.9 Å². The van der Waals surface area contributed by atoms with Crippen LogP contribution in [0, 0.1) is 0 Å². The average molecular weight is 266 g/mol. The SMILES string of the molecule is Oc1cccc(-c2nc3ccccc3n2C2CC2)c1O. The molecule has 2 N–H and O–H groups in total. The molecule has 1 aromatic heterocycles. The standard InChI is InChI=1S/C16H14N2O2/c19-14-7-3-4-11(15(14)20)16-17-12-5-1-2-6-13(12)18(16)10-8-9-10/h1-7,10,19-20H,8-9H2. The van der Waals surface area contributed by atoms with Gasteiger partial charge in [0.2, 0.25) is 0 Å². The lowest BCUT2D eigenvalue weighted by molar-refractivity contribution is 0.404. The molecule has 0 aliphatic heterocycles. The van der Waals surface area contributed by atoms with Gasteiger partial charge in [-0.2, -0.15) is 0 Å². The third kappa shape index (κ3) is 1.58. The van der Waals surface area contributed by atoms with Crippen LogP contribution >= 0.6 is 0 Å². The fourth-order valence-corrected chi connectivity index (χ4v) is 2.65. The van der Waals surface area contributed by atoms with Gasteiger partial charge in [0.1, 0.15) is 5.82 Å². The van der Waals surface area contributed by atoms with Crippen molar-refractivity contribution in [3.05, 3.63) is 42.5 Å². The van der Waals surface area contributed by atoms with E-state index >= 15 is 0 Å². The zero-order valence-electron chi connectivity index (χ0n) is 10.8. The Balaban J connectivity index is 2.04. The molecule has 0 radical (unpaired) electrons. The molecule has 0 amide bonds. The number of benzene rings is 2. The van der Waals surface area contributed by atoms with Crippen LogP contribution in [-0.2, 0) is 0 Å². The summed E-state index contributed by atoms with van der Waals surface area (Å²) < 4.78 is 2.17. The summed E-state index contributed by atoms with van der Waals surface area (Å²) in [5.74, 6) is 0.503. The highest BCUT2D eigenvalue weighted by atomic mass is 16.3. The van der Waals surface area contributed by atoms with E-state index in [1.165, 1.54) is 6.07 Å². The Morgan fingerprint density at radius 1 is 1.00 bits per heavy atom. The van der Waals surface area contributed by atoms with E-state index in [1.54, 1.807) is 12.1 Å². The Kier molecular flexibility index (Phi) is 2.27. The number of phenols is 2. The van der Waals surface area contributed by atoms with Gasteiger partial charge < -0.3 is 14.8 Å². The van der Waals surface area contributed by atoms with Crippen LogP contribution in [0.1, 0.15) is 18.9 Å². The zero-order chi connectivity index (χ0) is 13.7. The van der Waals surface area contributed by atoms with Gasteiger partial charge in [0, 0.05) is 6.04 Å². The average Bonchev–Trinajstić information content (AvgIpc) is 3.22. The first-order valence-corrected chi connectivity index (χ1v) is 6.74. The first kappa shape index (κ1) is 11.3. The van der Waals surface area contributed by atoms with Crippen molar-refractivity contribution in [2.24, 2.45) is 0 Å². The lowest BCUT2D eigenvalue weighted by Crippen LogP contribution is -1.97. The van der Waals surface area contributed by atoms with Crippen molar-refractivity contribution in [1.82, 2.24) is 9.55 Å². The lowest BCUT2D eigenvalue weighted by Gasteiger charge is -2.09.